The molecule has 8 heteroatoms. The third kappa shape index (κ3) is 3.58. The SMILES string of the molecule is COc1cc2c(cc1OCC(F)F)C[C@H](C(C)C)n1cc(C(=O)O)c(=O)cc1-2. The summed E-state index contributed by atoms with van der Waals surface area (Å²) in [4.78, 5) is 23.7. The number of ether oxygens (including phenoxy) is 2. The first-order chi connectivity index (χ1) is 13.2. The highest BCUT2D eigenvalue weighted by atomic mass is 19.3. The van der Waals surface area contributed by atoms with E-state index in [-0.39, 0.29) is 29.0 Å². The van der Waals surface area contributed by atoms with Crippen molar-refractivity contribution in [3.63, 3.8) is 0 Å². The van der Waals surface area contributed by atoms with Crippen LogP contribution in [0.25, 0.3) is 11.3 Å². The number of alkyl halides is 2. The molecule has 0 saturated carbocycles. The van der Waals surface area contributed by atoms with Crippen LogP contribution in [0.15, 0.2) is 29.2 Å². The lowest BCUT2D eigenvalue weighted by molar-refractivity contribution is 0.0694. The van der Waals surface area contributed by atoms with Crippen molar-refractivity contribution in [2.75, 3.05) is 13.7 Å². The average molecular weight is 393 g/mol. The van der Waals surface area contributed by atoms with E-state index in [0.717, 1.165) is 5.56 Å². The standard InChI is InChI=1S/C20H21F2NO5/c1-10(2)14-4-11-5-18(28-9-19(21)22)17(27-3)6-12(11)15-7-16(24)13(20(25)26)8-23(14)15/h5-8,10,14,19H,4,9H2,1-3H3,(H,25,26)/t14-/m1/s1. The lowest BCUT2D eigenvalue weighted by atomic mass is 9.87. The maximum atomic E-state index is 12.6. The van der Waals surface area contributed by atoms with Crippen molar-refractivity contribution in [1.82, 2.24) is 4.57 Å². The van der Waals surface area contributed by atoms with Crippen molar-refractivity contribution in [2.24, 2.45) is 5.92 Å². The number of aromatic carboxylic acids is 1. The van der Waals surface area contributed by atoms with Gasteiger partial charge in [0.15, 0.2) is 16.9 Å². The highest BCUT2D eigenvalue weighted by Gasteiger charge is 2.29. The topological polar surface area (TPSA) is 77.8 Å². The molecule has 0 aliphatic carbocycles. The number of rotatable bonds is 6. The zero-order valence-corrected chi connectivity index (χ0v) is 15.7. The van der Waals surface area contributed by atoms with E-state index in [1.807, 2.05) is 13.8 Å². The molecule has 3 rings (SSSR count). The molecule has 0 radical (unpaired) electrons. The molecule has 1 atom stereocenters. The largest absolute Gasteiger partial charge is 0.493 e. The molecule has 6 nitrogen and oxygen atoms in total. The summed E-state index contributed by atoms with van der Waals surface area (Å²) in [5.74, 6) is -0.656. The van der Waals surface area contributed by atoms with Crippen LogP contribution < -0.4 is 14.9 Å². The van der Waals surface area contributed by atoms with E-state index >= 15 is 0 Å². The number of halogens is 2. The van der Waals surface area contributed by atoms with Crippen molar-refractivity contribution in [3.8, 4) is 22.8 Å². The summed E-state index contributed by atoms with van der Waals surface area (Å²) < 4.78 is 37.4. The molecule has 0 spiro atoms. The van der Waals surface area contributed by atoms with Gasteiger partial charge in [-0.25, -0.2) is 13.6 Å². The summed E-state index contributed by atoms with van der Waals surface area (Å²) in [5, 5.41) is 9.30. The van der Waals surface area contributed by atoms with Gasteiger partial charge in [0, 0.05) is 23.9 Å². The maximum absolute atomic E-state index is 12.6. The van der Waals surface area contributed by atoms with Crippen LogP contribution in [-0.2, 0) is 6.42 Å². The molecular weight excluding hydrogens is 372 g/mol. The van der Waals surface area contributed by atoms with Gasteiger partial charge in [-0.2, -0.15) is 0 Å². The second-order valence-electron chi connectivity index (χ2n) is 7.03. The van der Waals surface area contributed by atoms with Gasteiger partial charge in [-0.05, 0) is 30.0 Å². The van der Waals surface area contributed by atoms with Gasteiger partial charge in [0.25, 0.3) is 6.43 Å². The molecule has 1 aliphatic heterocycles. The molecule has 150 valence electrons. The second-order valence-corrected chi connectivity index (χ2v) is 7.03. The van der Waals surface area contributed by atoms with E-state index in [9.17, 15) is 23.5 Å². The highest BCUT2D eigenvalue weighted by Crippen LogP contribution is 2.42. The Morgan fingerprint density at radius 3 is 2.57 bits per heavy atom. The fourth-order valence-corrected chi connectivity index (χ4v) is 3.52. The van der Waals surface area contributed by atoms with E-state index in [4.69, 9.17) is 9.47 Å². The number of carboxylic acids is 1. The van der Waals surface area contributed by atoms with E-state index in [1.165, 1.54) is 19.4 Å². The van der Waals surface area contributed by atoms with Crippen LogP contribution in [0, 0.1) is 5.92 Å². The fourth-order valence-electron chi connectivity index (χ4n) is 3.52. The molecule has 0 saturated heterocycles. The number of aromatic nitrogens is 1. The number of methoxy groups -OCH3 is 1. The quantitative estimate of drug-likeness (QED) is 0.811. The molecule has 2 aromatic rings. The fraction of sp³-hybridized carbons (Fsp3) is 0.400. The van der Waals surface area contributed by atoms with Crippen molar-refractivity contribution >= 4 is 5.97 Å². The minimum Gasteiger partial charge on any atom is -0.493 e. The third-order valence-corrected chi connectivity index (χ3v) is 4.90. The van der Waals surface area contributed by atoms with Crippen LogP contribution in [0.5, 0.6) is 11.5 Å². The summed E-state index contributed by atoms with van der Waals surface area (Å²) >= 11 is 0. The molecule has 1 aromatic heterocycles. The average Bonchev–Trinajstić information content (AvgIpc) is 2.63. The summed E-state index contributed by atoms with van der Waals surface area (Å²) in [6, 6.07) is 4.50. The normalized spacial score (nSPS) is 15.3. The van der Waals surface area contributed by atoms with Gasteiger partial charge in [0.1, 0.15) is 12.2 Å². The number of carbonyl (C=O) groups is 1. The van der Waals surface area contributed by atoms with E-state index < -0.39 is 24.4 Å². The Hall–Kier alpha value is -2.90. The minimum absolute atomic E-state index is 0.0995. The molecular formula is C20H21F2NO5. The molecule has 0 fully saturated rings. The van der Waals surface area contributed by atoms with Crippen molar-refractivity contribution in [1.29, 1.82) is 0 Å². The van der Waals surface area contributed by atoms with Crippen LogP contribution in [-0.4, -0.2) is 35.8 Å². The van der Waals surface area contributed by atoms with E-state index in [0.29, 0.717) is 17.7 Å². The number of fused-ring (bicyclic) bond motifs is 3. The van der Waals surface area contributed by atoms with Gasteiger partial charge >= 0.3 is 5.97 Å². The summed E-state index contributed by atoms with van der Waals surface area (Å²) in [7, 11) is 1.40. The number of pyridine rings is 1. The van der Waals surface area contributed by atoms with Gasteiger partial charge in [-0.3, -0.25) is 4.79 Å². The molecule has 0 unspecified atom stereocenters. The van der Waals surface area contributed by atoms with Crippen LogP contribution in [0.3, 0.4) is 0 Å². The monoisotopic (exact) mass is 393 g/mol. The van der Waals surface area contributed by atoms with E-state index in [2.05, 4.69) is 0 Å². The number of hydrogen-bond acceptors (Lipinski definition) is 4. The number of carboxylic acid groups (broad SMARTS) is 1. The highest BCUT2D eigenvalue weighted by molar-refractivity contribution is 5.87. The Bertz CT molecular complexity index is 968. The van der Waals surface area contributed by atoms with Crippen LogP contribution in [0.1, 0.15) is 35.8 Å². The molecule has 1 aromatic carbocycles. The van der Waals surface area contributed by atoms with Crippen molar-refractivity contribution in [3.05, 3.63) is 45.7 Å². The summed E-state index contributed by atoms with van der Waals surface area (Å²) in [6.45, 7) is 3.24. The van der Waals surface area contributed by atoms with E-state index in [1.54, 1.807) is 16.7 Å². The van der Waals surface area contributed by atoms with Gasteiger partial charge < -0.3 is 19.1 Å². The van der Waals surface area contributed by atoms with Gasteiger partial charge in [-0.1, -0.05) is 13.8 Å². The molecule has 1 aliphatic rings. The predicted molar refractivity (Wildman–Crippen MR) is 98.7 cm³/mol. The zero-order valence-electron chi connectivity index (χ0n) is 15.7. The zero-order chi connectivity index (χ0) is 20.6. The van der Waals surface area contributed by atoms with Crippen LogP contribution >= 0.6 is 0 Å². The predicted octanol–water partition coefficient (Wildman–Crippen LogP) is 3.62. The Labute approximate surface area is 160 Å². The maximum Gasteiger partial charge on any atom is 0.341 e. The minimum atomic E-state index is -2.61. The van der Waals surface area contributed by atoms with Gasteiger partial charge in [0.2, 0.25) is 0 Å². The summed E-state index contributed by atoms with van der Waals surface area (Å²) in [6.07, 6.45) is -0.698. The first-order valence-corrected chi connectivity index (χ1v) is 8.84. The van der Waals surface area contributed by atoms with Crippen LogP contribution in [0.4, 0.5) is 8.78 Å². The lowest BCUT2D eigenvalue weighted by Gasteiger charge is -2.33. The second kappa shape index (κ2) is 7.61. The lowest BCUT2D eigenvalue weighted by Crippen LogP contribution is -2.28. The molecule has 1 N–H and O–H groups in total. The molecule has 2 heterocycles. The first-order valence-electron chi connectivity index (χ1n) is 8.84. The Balaban J connectivity index is 2.20. The third-order valence-electron chi connectivity index (χ3n) is 4.90. The number of hydrogen-bond donors (Lipinski definition) is 1. The van der Waals surface area contributed by atoms with Gasteiger partial charge in [0.05, 0.1) is 12.8 Å². The van der Waals surface area contributed by atoms with Crippen molar-refractivity contribution < 1.29 is 28.2 Å². The molecule has 0 bridgehead atoms. The Kier molecular flexibility index (Phi) is 5.40. The Morgan fingerprint density at radius 2 is 2.00 bits per heavy atom. The Morgan fingerprint density at radius 1 is 1.29 bits per heavy atom. The number of nitrogens with zero attached hydrogens (tertiary/aromatic N) is 1. The molecule has 0 amide bonds. The smallest absolute Gasteiger partial charge is 0.341 e. The van der Waals surface area contributed by atoms with Gasteiger partial charge in [-0.15, -0.1) is 0 Å². The molecule has 28 heavy (non-hydrogen) atoms. The van der Waals surface area contributed by atoms with Crippen LogP contribution in [0.2, 0.25) is 0 Å². The number of benzene rings is 1. The first kappa shape index (κ1) is 19.9. The summed E-state index contributed by atoms with van der Waals surface area (Å²) in [5.41, 5.74) is 1.19. The van der Waals surface area contributed by atoms with Crippen molar-refractivity contribution in [2.45, 2.75) is 32.7 Å².